The third kappa shape index (κ3) is 3.70. The number of hydrogen-bond donors (Lipinski definition) is 3. The number of carbonyl (C=O) groups excluding carboxylic acids is 1. The summed E-state index contributed by atoms with van der Waals surface area (Å²) in [6, 6.07) is 0.496. The number of amides is 1. The van der Waals surface area contributed by atoms with Crippen LogP contribution in [0.15, 0.2) is 12.2 Å². The molecule has 104 valence electrons. The number of nitrogens with one attached hydrogen (secondary N) is 2. The van der Waals surface area contributed by atoms with Gasteiger partial charge >= 0.3 is 0 Å². The molecule has 6 heteroatoms. The largest absolute Gasteiger partial charge is 0.382 e. The number of nitrogens with zero attached hydrogens (tertiary/aromatic N) is 1. The molecule has 1 amide bonds. The highest BCUT2D eigenvalue weighted by atomic mass is 32.1. The van der Waals surface area contributed by atoms with Gasteiger partial charge in [-0.3, -0.25) is 4.79 Å². The molecule has 0 atom stereocenters. The Kier molecular flexibility index (Phi) is 4.79. The predicted octanol–water partition coefficient (Wildman–Crippen LogP) is 2.39. The lowest BCUT2D eigenvalue weighted by Crippen LogP contribution is -2.26. The summed E-state index contributed by atoms with van der Waals surface area (Å²) in [5.41, 5.74) is 5.79. The van der Waals surface area contributed by atoms with Crippen molar-refractivity contribution in [2.24, 2.45) is 0 Å². The Bertz CT molecular complexity index is 465. The number of allylic oxidation sites excluding steroid dienone is 1. The van der Waals surface area contributed by atoms with Crippen LogP contribution in [0.1, 0.15) is 42.3 Å². The first-order valence-electron chi connectivity index (χ1n) is 6.63. The molecule has 1 aromatic rings. The van der Waals surface area contributed by atoms with Gasteiger partial charge in [0.15, 0.2) is 5.13 Å². The van der Waals surface area contributed by atoms with Crippen LogP contribution in [0, 0.1) is 0 Å². The van der Waals surface area contributed by atoms with E-state index in [9.17, 15) is 4.79 Å². The van der Waals surface area contributed by atoms with E-state index in [1.54, 1.807) is 0 Å². The van der Waals surface area contributed by atoms with Crippen molar-refractivity contribution in [2.75, 3.05) is 17.6 Å². The van der Waals surface area contributed by atoms with Crippen molar-refractivity contribution in [3.8, 4) is 0 Å². The number of rotatable bonds is 6. The van der Waals surface area contributed by atoms with Gasteiger partial charge in [0.25, 0.3) is 5.91 Å². The maximum atomic E-state index is 11.9. The van der Waals surface area contributed by atoms with E-state index in [1.165, 1.54) is 30.6 Å². The van der Waals surface area contributed by atoms with Gasteiger partial charge in [0, 0.05) is 12.6 Å². The summed E-state index contributed by atoms with van der Waals surface area (Å²) in [7, 11) is 0. The summed E-state index contributed by atoms with van der Waals surface area (Å²) in [6.07, 6.45) is 8.41. The molecule has 5 nitrogen and oxygen atoms in total. The van der Waals surface area contributed by atoms with Gasteiger partial charge in [-0.05, 0) is 32.6 Å². The molecule has 1 aromatic heterocycles. The maximum Gasteiger partial charge on any atom is 0.265 e. The van der Waals surface area contributed by atoms with Crippen molar-refractivity contribution in [1.29, 1.82) is 0 Å². The molecule has 0 spiro atoms. The van der Waals surface area contributed by atoms with Crippen molar-refractivity contribution in [1.82, 2.24) is 10.3 Å². The van der Waals surface area contributed by atoms with Gasteiger partial charge in [-0.15, -0.1) is 0 Å². The van der Waals surface area contributed by atoms with Crippen LogP contribution in [-0.4, -0.2) is 23.5 Å². The molecule has 1 aliphatic carbocycles. The average molecular weight is 280 g/mol. The molecule has 0 aliphatic heterocycles. The summed E-state index contributed by atoms with van der Waals surface area (Å²) in [5, 5.41) is 6.90. The second-order valence-electron chi connectivity index (χ2n) is 4.62. The van der Waals surface area contributed by atoms with Gasteiger partial charge < -0.3 is 16.4 Å². The molecule has 1 aliphatic rings. The van der Waals surface area contributed by atoms with Gasteiger partial charge in [0.2, 0.25) is 0 Å². The Balaban J connectivity index is 1.89. The van der Waals surface area contributed by atoms with Gasteiger partial charge in [-0.25, -0.2) is 4.98 Å². The molecule has 0 aromatic carbocycles. The van der Waals surface area contributed by atoms with Crippen LogP contribution in [0.25, 0.3) is 0 Å². The van der Waals surface area contributed by atoms with E-state index in [2.05, 4.69) is 15.6 Å². The predicted molar refractivity (Wildman–Crippen MR) is 79.6 cm³/mol. The quantitative estimate of drug-likeness (QED) is 0.552. The minimum Gasteiger partial charge on any atom is -0.382 e. The smallest absolute Gasteiger partial charge is 0.265 e. The van der Waals surface area contributed by atoms with Crippen LogP contribution in [0.3, 0.4) is 0 Å². The molecule has 0 bridgehead atoms. The number of hydrogen-bond acceptors (Lipinski definition) is 5. The Morgan fingerprint density at radius 3 is 3.00 bits per heavy atom. The molecule has 1 fully saturated rings. The molecule has 0 saturated heterocycles. The lowest BCUT2D eigenvalue weighted by molar-refractivity contribution is 0.0959. The number of nitrogen functional groups attached to an aromatic ring is 1. The molecule has 0 radical (unpaired) electrons. The Morgan fingerprint density at radius 1 is 1.58 bits per heavy atom. The highest BCUT2D eigenvalue weighted by molar-refractivity contribution is 7.18. The highest BCUT2D eigenvalue weighted by Crippen LogP contribution is 2.29. The second-order valence-corrected chi connectivity index (χ2v) is 5.62. The first kappa shape index (κ1) is 13.9. The van der Waals surface area contributed by atoms with Gasteiger partial charge in [0.1, 0.15) is 10.7 Å². The van der Waals surface area contributed by atoms with Crippen molar-refractivity contribution < 1.29 is 4.79 Å². The van der Waals surface area contributed by atoms with E-state index in [-0.39, 0.29) is 5.91 Å². The van der Waals surface area contributed by atoms with Crippen molar-refractivity contribution in [3.05, 3.63) is 17.0 Å². The summed E-state index contributed by atoms with van der Waals surface area (Å²) < 4.78 is 0. The Hall–Kier alpha value is -1.56. The summed E-state index contributed by atoms with van der Waals surface area (Å²) in [4.78, 5) is 16.6. The van der Waals surface area contributed by atoms with E-state index in [0.29, 0.717) is 23.3 Å². The molecule has 4 N–H and O–H groups in total. The molecule has 0 unspecified atom stereocenters. The zero-order chi connectivity index (χ0) is 13.7. The molecule has 1 heterocycles. The third-order valence-electron chi connectivity index (χ3n) is 3.12. The van der Waals surface area contributed by atoms with Crippen LogP contribution in [0.5, 0.6) is 0 Å². The normalized spacial score (nSPS) is 15.4. The average Bonchev–Trinajstić information content (AvgIpc) is 2.71. The van der Waals surface area contributed by atoms with Crippen molar-refractivity contribution in [2.45, 2.75) is 38.6 Å². The first-order chi connectivity index (χ1) is 9.20. The van der Waals surface area contributed by atoms with Crippen molar-refractivity contribution in [3.63, 3.8) is 0 Å². The van der Waals surface area contributed by atoms with Crippen molar-refractivity contribution >= 4 is 28.2 Å². The maximum absolute atomic E-state index is 11.9. The second kappa shape index (κ2) is 6.56. The standard InChI is InChI=1S/C13H20N4OS/c1-2-3-4-8-15-12(18)10-11(14)17-13(19-10)16-9-6-5-7-9/h2-3,9H,4-8,14H2,1H3,(H,15,18)(H,16,17)/b3-2+. The highest BCUT2D eigenvalue weighted by Gasteiger charge is 2.21. The zero-order valence-electron chi connectivity index (χ0n) is 11.1. The fraction of sp³-hybridized carbons (Fsp3) is 0.538. The molecule has 19 heavy (non-hydrogen) atoms. The van der Waals surface area contributed by atoms with Crippen LogP contribution >= 0.6 is 11.3 Å². The van der Waals surface area contributed by atoms with E-state index < -0.39 is 0 Å². The van der Waals surface area contributed by atoms with E-state index in [1.807, 2.05) is 19.1 Å². The number of nitrogens with two attached hydrogens (primary N) is 1. The van der Waals surface area contributed by atoms with Crippen LogP contribution in [-0.2, 0) is 0 Å². The van der Waals surface area contributed by atoms with E-state index in [0.717, 1.165) is 11.6 Å². The van der Waals surface area contributed by atoms with Gasteiger partial charge in [-0.2, -0.15) is 0 Å². The Morgan fingerprint density at radius 2 is 2.37 bits per heavy atom. The number of aromatic nitrogens is 1. The Labute approximate surface area is 117 Å². The number of carbonyl (C=O) groups is 1. The van der Waals surface area contributed by atoms with Crippen LogP contribution in [0.4, 0.5) is 10.9 Å². The molecular formula is C13H20N4OS. The summed E-state index contributed by atoms with van der Waals surface area (Å²) >= 11 is 1.33. The topological polar surface area (TPSA) is 80.0 Å². The van der Waals surface area contributed by atoms with E-state index in [4.69, 9.17) is 5.73 Å². The van der Waals surface area contributed by atoms with Gasteiger partial charge in [0.05, 0.1) is 0 Å². The lowest BCUT2D eigenvalue weighted by Gasteiger charge is -2.25. The molecule has 2 rings (SSSR count). The van der Waals surface area contributed by atoms with E-state index >= 15 is 0 Å². The summed E-state index contributed by atoms with van der Waals surface area (Å²) in [5.74, 6) is 0.177. The van der Waals surface area contributed by atoms with Crippen LogP contribution < -0.4 is 16.4 Å². The minimum absolute atomic E-state index is 0.138. The minimum atomic E-state index is -0.138. The summed E-state index contributed by atoms with van der Waals surface area (Å²) in [6.45, 7) is 2.58. The third-order valence-corrected chi connectivity index (χ3v) is 4.13. The molecule has 1 saturated carbocycles. The van der Waals surface area contributed by atoms with Gasteiger partial charge in [-0.1, -0.05) is 23.5 Å². The number of anilines is 2. The zero-order valence-corrected chi connectivity index (χ0v) is 11.9. The number of thiazole rings is 1. The first-order valence-corrected chi connectivity index (χ1v) is 7.44. The molecular weight excluding hydrogens is 260 g/mol. The SMILES string of the molecule is C/C=C/CCNC(=O)c1sc(NC2CCC2)nc1N. The fourth-order valence-electron chi connectivity index (χ4n) is 1.80. The monoisotopic (exact) mass is 280 g/mol. The van der Waals surface area contributed by atoms with Crippen LogP contribution in [0.2, 0.25) is 0 Å². The fourth-order valence-corrected chi connectivity index (χ4v) is 2.68. The lowest BCUT2D eigenvalue weighted by atomic mass is 9.93.